The van der Waals surface area contributed by atoms with Crippen LogP contribution < -0.4 is 10.6 Å². The number of amides is 2. The molecule has 20 heavy (non-hydrogen) atoms. The monoisotopic (exact) mass is 410 g/mol. The summed E-state index contributed by atoms with van der Waals surface area (Å²) in [7, 11) is 1.57. The molecule has 1 rings (SSSR count). The Morgan fingerprint density at radius 3 is 2.70 bits per heavy atom. The molecule has 110 valence electrons. The van der Waals surface area contributed by atoms with E-state index in [0.717, 1.165) is 3.57 Å². The molecule has 2 amide bonds. The summed E-state index contributed by atoms with van der Waals surface area (Å²) in [4.78, 5) is 23.2. The molecule has 0 saturated heterocycles. The number of hydrogen-bond acceptors (Lipinski definition) is 3. The molecule has 0 radical (unpaired) electrons. The van der Waals surface area contributed by atoms with Crippen molar-refractivity contribution in [3.63, 3.8) is 0 Å². The van der Waals surface area contributed by atoms with Crippen molar-refractivity contribution in [3.05, 3.63) is 32.4 Å². The van der Waals surface area contributed by atoms with Crippen LogP contribution in [0.1, 0.15) is 16.8 Å². The molecule has 2 N–H and O–H groups in total. The van der Waals surface area contributed by atoms with Crippen molar-refractivity contribution in [2.75, 3.05) is 26.8 Å². The zero-order chi connectivity index (χ0) is 15.0. The summed E-state index contributed by atoms with van der Waals surface area (Å²) in [6.07, 6.45) is 0.230. The number of halogens is 2. The molecule has 0 atom stereocenters. The lowest BCUT2D eigenvalue weighted by Gasteiger charge is -2.07. The van der Waals surface area contributed by atoms with E-state index in [1.54, 1.807) is 25.3 Å². The van der Waals surface area contributed by atoms with E-state index < -0.39 is 0 Å². The summed E-state index contributed by atoms with van der Waals surface area (Å²) in [5.41, 5.74) is 0.482. The molecule has 0 aliphatic carbocycles. The third kappa shape index (κ3) is 6.06. The first-order valence-electron chi connectivity index (χ1n) is 6.03. The smallest absolute Gasteiger partial charge is 0.251 e. The number of ether oxygens (including phenoxy) is 1. The minimum Gasteiger partial charge on any atom is -0.383 e. The van der Waals surface area contributed by atoms with Crippen molar-refractivity contribution in [2.45, 2.75) is 6.42 Å². The van der Waals surface area contributed by atoms with E-state index in [1.807, 2.05) is 0 Å². The lowest BCUT2D eigenvalue weighted by Crippen LogP contribution is -2.32. The van der Waals surface area contributed by atoms with Gasteiger partial charge in [0.15, 0.2) is 0 Å². The first kappa shape index (κ1) is 17.2. The van der Waals surface area contributed by atoms with Gasteiger partial charge < -0.3 is 15.4 Å². The van der Waals surface area contributed by atoms with E-state index in [1.165, 1.54) is 0 Å². The van der Waals surface area contributed by atoms with Crippen LogP contribution in [0.2, 0.25) is 5.02 Å². The zero-order valence-electron chi connectivity index (χ0n) is 11.0. The average Bonchev–Trinajstić information content (AvgIpc) is 2.42. The standard InChI is InChI=1S/C13H16ClIN2O3/c1-20-7-6-16-12(18)4-5-17-13(19)9-2-3-11(15)10(14)8-9/h2-3,8H,4-7H2,1H3,(H,16,18)(H,17,19). The second kappa shape index (κ2) is 9.15. The Morgan fingerprint density at radius 1 is 1.30 bits per heavy atom. The number of rotatable bonds is 7. The Labute approximate surface area is 136 Å². The molecular weight excluding hydrogens is 395 g/mol. The topological polar surface area (TPSA) is 67.4 Å². The van der Waals surface area contributed by atoms with Crippen molar-refractivity contribution in [3.8, 4) is 0 Å². The van der Waals surface area contributed by atoms with Crippen LogP contribution in [-0.2, 0) is 9.53 Å². The van der Waals surface area contributed by atoms with Gasteiger partial charge in [-0.1, -0.05) is 11.6 Å². The summed E-state index contributed by atoms with van der Waals surface area (Å²) in [6, 6.07) is 5.08. The molecule has 0 spiro atoms. The number of carbonyl (C=O) groups is 2. The van der Waals surface area contributed by atoms with Crippen LogP contribution in [-0.4, -0.2) is 38.6 Å². The second-order valence-corrected chi connectivity index (χ2v) is 5.55. The summed E-state index contributed by atoms with van der Waals surface area (Å²) in [5.74, 6) is -0.365. The first-order chi connectivity index (χ1) is 9.54. The number of hydrogen-bond donors (Lipinski definition) is 2. The van der Waals surface area contributed by atoms with E-state index in [9.17, 15) is 9.59 Å². The van der Waals surface area contributed by atoms with Gasteiger partial charge in [-0.2, -0.15) is 0 Å². The highest BCUT2D eigenvalue weighted by Gasteiger charge is 2.08. The molecule has 1 aromatic rings. The molecule has 7 heteroatoms. The summed E-state index contributed by atoms with van der Waals surface area (Å²) in [5, 5.41) is 5.89. The minimum absolute atomic E-state index is 0.122. The predicted octanol–water partition coefficient (Wildman–Crippen LogP) is 1.83. The Balaban J connectivity index is 2.32. The van der Waals surface area contributed by atoms with E-state index >= 15 is 0 Å². The average molecular weight is 411 g/mol. The van der Waals surface area contributed by atoms with Crippen LogP contribution in [0, 0.1) is 3.57 Å². The molecular formula is C13H16ClIN2O3. The predicted molar refractivity (Wildman–Crippen MR) is 86.0 cm³/mol. The Morgan fingerprint density at radius 2 is 2.05 bits per heavy atom. The van der Waals surface area contributed by atoms with Crippen molar-refractivity contribution >= 4 is 46.0 Å². The van der Waals surface area contributed by atoms with E-state index in [4.69, 9.17) is 16.3 Å². The molecule has 0 aliphatic rings. The van der Waals surface area contributed by atoms with Crippen LogP contribution in [0.5, 0.6) is 0 Å². The Hall–Kier alpha value is -0.860. The van der Waals surface area contributed by atoms with Gasteiger partial charge in [0, 0.05) is 35.8 Å². The molecule has 0 heterocycles. The van der Waals surface area contributed by atoms with Gasteiger partial charge in [0.1, 0.15) is 0 Å². The van der Waals surface area contributed by atoms with Gasteiger partial charge in [0.25, 0.3) is 5.91 Å². The van der Waals surface area contributed by atoms with Gasteiger partial charge in [0.05, 0.1) is 11.6 Å². The van der Waals surface area contributed by atoms with Gasteiger partial charge in [-0.25, -0.2) is 0 Å². The fourth-order valence-electron chi connectivity index (χ4n) is 1.41. The van der Waals surface area contributed by atoms with Gasteiger partial charge >= 0.3 is 0 Å². The zero-order valence-corrected chi connectivity index (χ0v) is 14.0. The van der Waals surface area contributed by atoms with Crippen LogP contribution in [0.4, 0.5) is 0 Å². The maximum Gasteiger partial charge on any atom is 0.251 e. The highest BCUT2D eigenvalue weighted by Crippen LogP contribution is 2.19. The normalized spacial score (nSPS) is 10.2. The summed E-state index contributed by atoms with van der Waals surface area (Å²) in [6.45, 7) is 1.22. The maximum atomic E-state index is 11.8. The third-order valence-electron chi connectivity index (χ3n) is 2.45. The second-order valence-electron chi connectivity index (χ2n) is 3.98. The molecule has 0 unspecified atom stereocenters. The molecule has 0 bridgehead atoms. The largest absolute Gasteiger partial charge is 0.383 e. The summed E-state index contributed by atoms with van der Waals surface area (Å²) >= 11 is 8.04. The van der Waals surface area contributed by atoms with E-state index in [0.29, 0.717) is 23.7 Å². The molecule has 0 saturated carbocycles. The van der Waals surface area contributed by atoms with Crippen LogP contribution >= 0.6 is 34.2 Å². The van der Waals surface area contributed by atoms with E-state index in [2.05, 4.69) is 33.2 Å². The molecule has 0 aromatic heterocycles. The highest BCUT2D eigenvalue weighted by atomic mass is 127. The number of nitrogens with one attached hydrogen (secondary N) is 2. The fraction of sp³-hybridized carbons (Fsp3) is 0.385. The van der Waals surface area contributed by atoms with Gasteiger partial charge in [-0.05, 0) is 40.8 Å². The lowest BCUT2D eigenvalue weighted by atomic mass is 10.2. The Bertz CT molecular complexity index is 483. The number of carbonyl (C=O) groups excluding carboxylic acids is 2. The van der Waals surface area contributed by atoms with Gasteiger partial charge in [-0.15, -0.1) is 0 Å². The quantitative estimate of drug-likeness (QED) is 0.532. The van der Waals surface area contributed by atoms with Gasteiger partial charge in [0.2, 0.25) is 5.91 Å². The molecule has 0 fully saturated rings. The molecule has 0 aliphatic heterocycles. The van der Waals surface area contributed by atoms with Crippen LogP contribution in [0.25, 0.3) is 0 Å². The third-order valence-corrected chi connectivity index (χ3v) is 4.02. The number of methoxy groups -OCH3 is 1. The maximum absolute atomic E-state index is 11.8. The van der Waals surface area contributed by atoms with Crippen molar-refractivity contribution in [2.24, 2.45) is 0 Å². The SMILES string of the molecule is COCCNC(=O)CCNC(=O)c1ccc(I)c(Cl)c1. The van der Waals surface area contributed by atoms with Gasteiger partial charge in [-0.3, -0.25) is 9.59 Å². The Kier molecular flexibility index (Phi) is 7.86. The first-order valence-corrected chi connectivity index (χ1v) is 7.49. The molecule has 5 nitrogen and oxygen atoms in total. The van der Waals surface area contributed by atoms with Crippen LogP contribution in [0.15, 0.2) is 18.2 Å². The van der Waals surface area contributed by atoms with Crippen molar-refractivity contribution in [1.82, 2.24) is 10.6 Å². The highest BCUT2D eigenvalue weighted by molar-refractivity contribution is 14.1. The number of benzene rings is 1. The molecule has 1 aromatic carbocycles. The summed E-state index contributed by atoms with van der Waals surface area (Å²) < 4.78 is 5.70. The van der Waals surface area contributed by atoms with E-state index in [-0.39, 0.29) is 24.8 Å². The van der Waals surface area contributed by atoms with Crippen molar-refractivity contribution in [1.29, 1.82) is 0 Å². The fourth-order valence-corrected chi connectivity index (χ4v) is 1.93. The minimum atomic E-state index is -0.243. The lowest BCUT2D eigenvalue weighted by molar-refractivity contribution is -0.121. The van der Waals surface area contributed by atoms with Crippen LogP contribution in [0.3, 0.4) is 0 Å². The van der Waals surface area contributed by atoms with Crippen molar-refractivity contribution < 1.29 is 14.3 Å².